The van der Waals surface area contributed by atoms with E-state index in [1.807, 2.05) is 6.92 Å². The number of pyridine rings is 1. The average molecular weight is 248 g/mol. The highest BCUT2D eigenvalue weighted by Gasteiger charge is 2.31. The van der Waals surface area contributed by atoms with E-state index in [2.05, 4.69) is 47.8 Å². The average Bonchev–Trinajstić information content (AvgIpc) is 2.31. The molecule has 0 bridgehead atoms. The molecule has 1 aliphatic heterocycles. The lowest BCUT2D eigenvalue weighted by Crippen LogP contribution is -2.57. The Hall–Kier alpha value is -1.13. The topological polar surface area (TPSA) is 45.4 Å². The summed E-state index contributed by atoms with van der Waals surface area (Å²) in [4.78, 5) is 9.42. The number of hydrogen-bond donors (Lipinski definition) is 1. The van der Waals surface area contributed by atoms with E-state index in [-0.39, 0.29) is 5.54 Å². The minimum atomic E-state index is 0.187. The van der Waals surface area contributed by atoms with Crippen LogP contribution in [0.5, 0.6) is 0 Å². The monoisotopic (exact) mass is 248 g/mol. The van der Waals surface area contributed by atoms with E-state index in [4.69, 9.17) is 5.73 Å². The predicted molar refractivity (Wildman–Crippen MR) is 75.8 cm³/mol. The van der Waals surface area contributed by atoms with Gasteiger partial charge in [-0.25, -0.2) is 4.98 Å². The maximum Gasteiger partial charge on any atom is 0.129 e. The van der Waals surface area contributed by atoms with E-state index in [1.54, 1.807) is 0 Å². The van der Waals surface area contributed by atoms with Gasteiger partial charge in [0.15, 0.2) is 0 Å². The summed E-state index contributed by atoms with van der Waals surface area (Å²) in [5.41, 5.74) is 8.13. The second-order valence-corrected chi connectivity index (χ2v) is 5.83. The Balaban J connectivity index is 2.24. The first kappa shape index (κ1) is 13.3. The van der Waals surface area contributed by atoms with E-state index in [1.165, 1.54) is 0 Å². The summed E-state index contributed by atoms with van der Waals surface area (Å²) >= 11 is 0. The molecule has 1 saturated heterocycles. The smallest absolute Gasteiger partial charge is 0.129 e. The highest BCUT2D eigenvalue weighted by molar-refractivity contribution is 5.44. The van der Waals surface area contributed by atoms with E-state index in [9.17, 15) is 0 Å². The fourth-order valence-electron chi connectivity index (χ4n) is 2.44. The van der Waals surface area contributed by atoms with Crippen LogP contribution in [0, 0.1) is 6.92 Å². The molecule has 2 N–H and O–H groups in total. The molecule has 2 rings (SSSR count). The van der Waals surface area contributed by atoms with Crippen LogP contribution in [0.3, 0.4) is 0 Å². The molecule has 0 unspecified atom stereocenters. The summed E-state index contributed by atoms with van der Waals surface area (Å²) in [6, 6.07) is 4.18. The molecule has 0 aliphatic carbocycles. The molecule has 0 radical (unpaired) electrons. The van der Waals surface area contributed by atoms with Crippen molar-refractivity contribution in [2.45, 2.75) is 32.9 Å². The van der Waals surface area contributed by atoms with Crippen LogP contribution in [0.2, 0.25) is 0 Å². The standard InChI is InChI=1S/C14H24N4/c1-11-7-12(9-15)8-13(16-11)18-6-5-17(4)14(2,3)10-18/h7-8H,5-6,9-10,15H2,1-4H3. The molecule has 1 fully saturated rings. The molecule has 4 heteroatoms. The quantitative estimate of drug-likeness (QED) is 0.859. The molecule has 4 nitrogen and oxygen atoms in total. The van der Waals surface area contributed by atoms with Gasteiger partial charge in [-0.1, -0.05) is 0 Å². The van der Waals surface area contributed by atoms with E-state index >= 15 is 0 Å². The fraction of sp³-hybridized carbons (Fsp3) is 0.643. The molecule has 0 atom stereocenters. The van der Waals surface area contributed by atoms with Crippen LogP contribution in [0.1, 0.15) is 25.1 Å². The van der Waals surface area contributed by atoms with Crippen LogP contribution in [-0.4, -0.2) is 42.1 Å². The third-order valence-electron chi connectivity index (χ3n) is 3.88. The zero-order valence-electron chi connectivity index (χ0n) is 11.9. The van der Waals surface area contributed by atoms with Crippen molar-refractivity contribution >= 4 is 5.82 Å². The van der Waals surface area contributed by atoms with Crippen LogP contribution >= 0.6 is 0 Å². The van der Waals surface area contributed by atoms with Crippen LogP contribution in [-0.2, 0) is 6.54 Å². The second-order valence-electron chi connectivity index (χ2n) is 5.83. The number of nitrogens with zero attached hydrogens (tertiary/aromatic N) is 3. The number of anilines is 1. The third-order valence-corrected chi connectivity index (χ3v) is 3.88. The van der Waals surface area contributed by atoms with Gasteiger partial charge in [0.05, 0.1) is 0 Å². The SMILES string of the molecule is Cc1cc(CN)cc(N2CCN(C)C(C)(C)C2)n1. The van der Waals surface area contributed by atoms with Crippen molar-refractivity contribution in [3.63, 3.8) is 0 Å². The fourth-order valence-corrected chi connectivity index (χ4v) is 2.44. The lowest BCUT2D eigenvalue weighted by molar-refractivity contribution is 0.138. The summed E-state index contributed by atoms with van der Waals surface area (Å²) < 4.78 is 0. The molecule has 0 spiro atoms. The van der Waals surface area contributed by atoms with Crippen molar-refractivity contribution in [1.29, 1.82) is 0 Å². The van der Waals surface area contributed by atoms with Crippen molar-refractivity contribution < 1.29 is 0 Å². The van der Waals surface area contributed by atoms with Gasteiger partial charge in [-0.05, 0) is 45.5 Å². The number of nitrogens with two attached hydrogens (primary N) is 1. The maximum atomic E-state index is 5.74. The molecule has 0 aromatic carbocycles. The van der Waals surface area contributed by atoms with Crippen molar-refractivity contribution in [2.75, 3.05) is 31.6 Å². The minimum Gasteiger partial charge on any atom is -0.353 e. The van der Waals surface area contributed by atoms with Gasteiger partial charge < -0.3 is 10.6 Å². The Kier molecular flexibility index (Phi) is 3.59. The third kappa shape index (κ3) is 2.65. The van der Waals surface area contributed by atoms with Crippen LogP contribution in [0.25, 0.3) is 0 Å². The summed E-state index contributed by atoms with van der Waals surface area (Å²) in [6.07, 6.45) is 0. The van der Waals surface area contributed by atoms with Crippen molar-refractivity contribution in [1.82, 2.24) is 9.88 Å². The molecule has 1 aliphatic rings. The molecule has 18 heavy (non-hydrogen) atoms. The summed E-state index contributed by atoms with van der Waals surface area (Å²) in [7, 11) is 2.19. The Labute approximate surface area is 110 Å². The maximum absolute atomic E-state index is 5.74. The lowest BCUT2D eigenvalue weighted by Gasteiger charge is -2.45. The van der Waals surface area contributed by atoms with Gasteiger partial charge in [-0.3, -0.25) is 4.90 Å². The summed E-state index contributed by atoms with van der Waals surface area (Å²) in [6.45, 7) is 10.3. The van der Waals surface area contributed by atoms with Crippen molar-refractivity contribution in [3.05, 3.63) is 23.4 Å². The first-order valence-electron chi connectivity index (χ1n) is 6.56. The van der Waals surface area contributed by atoms with Crippen molar-refractivity contribution in [2.24, 2.45) is 5.73 Å². The molecular formula is C14H24N4. The Morgan fingerprint density at radius 3 is 2.67 bits per heavy atom. The predicted octanol–water partition coefficient (Wildman–Crippen LogP) is 1.38. The van der Waals surface area contributed by atoms with Gasteiger partial charge in [0, 0.05) is 37.4 Å². The van der Waals surface area contributed by atoms with Crippen molar-refractivity contribution in [3.8, 4) is 0 Å². The number of likely N-dealkylation sites (N-methyl/N-ethyl adjacent to an activating group) is 1. The Morgan fingerprint density at radius 1 is 1.33 bits per heavy atom. The molecule has 2 heterocycles. The Bertz CT molecular complexity index is 428. The molecule has 1 aromatic rings. The minimum absolute atomic E-state index is 0.187. The Morgan fingerprint density at radius 2 is 2.06 bits per heavy atom. The van der Waals surface area contributed by atoms with Gasteiger partial charge in [0.25, 0.3) is 0 Å². The van der Waals surface area contributed by atoms with Gasteiger partial charge in [0.2, 0.25) is 0 Å². The first-order chi connectivity index (χ1) is 8.42. The van der Waals surface area contributed by atoms with E-state index in [0.717, 1.165) is 36.7 Å². The van der Waals surface area contributed by atoms with E-state index in [0.29, 0.717) is 6.54 Å². The summed E-state index contributed by atoms with van der Waals surface area (Å²) in [5, 5.41) is 0. The van der Waals surface area contributed by atoms with Gasteiger partial charge in [0.1, 0.15) is 5.82 Å². The molecule has 0 amide bonds. The normalized spacial score (nSPS) is 20.2. The molecule has 1 aromatic heterocycles. The zero-order valence-corrected chi connectivity index (χ0v) is 11.9. The molecule has 0 saturated carbocycles. The van der Waals surface area contributed by atoms with Crippen LogP contribution < -0.4 is 10.6 Å². The van der Waals surface area contributed by atoms with E-state index < -0.39 is 0 Å². The van der Waals surface area contributed by atoms with Crippen LogP contribution in [0.4, 0.5) is 5.82 Å². The lowest BCUT2D eigenvalue weighted by atomic mass is 9.99. The second kappa shape index (κ2) is 4.86. The van der Waals surface area contributed by atoms with Gasteiger partial charge in [-0.15, -0.1) is 0 Å². The number of aromatic nitrogens is 1. The largest absolute Gasteiger partial charge is 0.353 e. The number of hydrogen-bond acceptors (Lipinski definition) is 4. The molecule has 100 valence electrons. The van der Waals surface area contributed by atoms with Gasteiger partial charge >= 0.3 is 0 Å². The summed E-state index contributed by atoms with van der Waals surface area (Å²) in [5.74, 6) is 1.07. The zero-order chi connectivity index (χ0) is 13.3. The number of rotatable bonds is 2. The highest BCUT2D eigenvalue weighted by Crippen LogP contribution is 2.24. The number of piperazine rings is 1. The van der Waals surface area contributed by atoms with Gasteiger partial charge in [-0.2, -0.15) is 0 Å². The number of aryl methyl sites for hydroxylation is 1. The van der Waals surface area contributed by atoms with Crippen LogP contribution in [0.15, 0.2) is 12.1 Å². The molecular weight excluding hydrogens is 224 g/mol. The first-order valence-corrected chi connectivity index (χ1v) is 6.56. The highest BCUT2D eigenvalue weighted by atomic mass is 15.3.